The normalized spacial score (nSPS) is 21.5. The fraction of sp³-hybridized carbons (Fsp3) is 0.783. The van der Waals surface area contributed by atoms with Crippen LogP contribution in [0.3, 0.4) is 0 Å². The van der Waals surface area contributed by atoms with E-state index in [1.165, 1.54) is 77.0 Å². The second-order valence-corrected chi connectivity index (χ2v) is 22.6. The van der Waals surface area contributed by atoms with Crippen LogP contribution in [0.2, 0.25) is 0 Å². The number of hydrogen-bond donors (Lipinski definition) is 9. The molecule has 0 saturated heterocycles. The number of ether oxygens (including phenoxy) is 2. The van der Waals surface area contributed by atoms with Gasteiger partial charge in [0.25, 0.3) is 0 Å². The van der Waals surface area contributed by atoms with Crippen molar-refractivity contribution in [3.05, 3.63) is 48.6 Å². The van der Waals surface area contributed by atoms with Gasteiger partial charge in [-0.1, -0.05) is 165 Å². The van der Waals surface area contributed by atoms with Gasteiger partial charge in [0.05, 0.1) is 6.61 Å². The van der Waals surface area contributed by atoms with Crippen molar-refractivity contribution in [1.29, 1.82) is 0 Å². The molecule has 420 valence electrons. The Kier molecular flexibility index (Phi) is 36.7. The molecule has 0 bridgehead atoms. The summed E-state index contributed by atoms with van der Waals surface area (Å²) < 4.78 is 82.1. The molecule has 0 heterocycles. The summed E-state index contributed by atoms with van der Waals surface area (Å²) in [7, 11) is -23.0. The van der Waals surface area contributed by atoms with E-state index in [4.69, 9.17) is 18.5 Å². The lowest BCUT2D eigenvalue weighted by Crippen LogP contribution is -2.65. The number of esters is 2. The van der Waals surface area contributed by atoms with E-state index in [0.29, 0.717) is 25.7 Å². The summed E-state index contributed by atoms with van der Waals surface area (Å²) in [5.41, 5.74) is 0. The Hall–Kier alpha value is -1.74. The van der Waals surface area contributed by atoms with Crippen LogP contribution in [-0.2, 0) is 59.9 Å². The largest absolute Gasteiger partial charge is 0.472 e. The molecule has 1 rings (SSSR count). The molecule has 0 aromatic carbocycles. The van der Waals surface area contributed by atoms with Crippen molar-refractivity contribution in [3.63, 3.8) is 0 Å². The van der Waals surface area contributed by atoms with Gasteiger partial charge in [0.15, 0.2) is 6.10 Å². The molecule has 0 aromatic heterocycles. The van der Waals surface area contributed by atoms with Crippen LogP contribution in [0.4, 0.5) is 0 Å². The molecule has 0 aliphatic heterocycles. The minimum absolute atomic E-state index is 0.0234. The highest BCUT2D eigenvalue weighted by Gasteiger charge is 2.59. The highest BCUT2D eigenvalue weighted by atomic mass is 31.2. The number of hydrogen-bond acceptors (Lipinski definition) is 15. The molecular weight excluding hydrogens is 1030 g/mol. The molecule has 26 heteroatoms. The van der Waals surface area contributed by atoms with Crippen LogP contribution >= 0.6 is 31.3 Å². The molecule has 4 unspecified atom stereocenters. The zero-order chi connectivity index (χ0) is 53.9. The van der Waals surface area contributed by atoms with Crippen LogP contribution in [0.15, 0.2) is 48.6 Å². The van der Waals surface area contributed by atoms with Crippen molar-refractivity contribution >= 4 is 43.2 Å². The van der Waals surface area contributed by atoms with Crippen molar-refractivity contribution in [2.75, 3.05) is 13.2 Å². The van der Waals surface area contributed by atoms with Gasteiger partial charge in [-0.25, -0.2) is 18.3 Å². The molecule has 8 atom stereocenters. The highest BCUT2D eigenvalue weighted by molar-refractivity contribution is 7.47. The lowest BCUT2D eigenvalue weighted by atomic mass is 9.85. The number of carbonyl (C=O) groups is 2. The molecule has 1 saturated carbocycles. The van der Waals surface area contributed by atoms with E-state index in [1.54, 1.807) is 0 Å². The number of aliphatic hydroxyl groups excluding tert-OH is 2. The van der Waals surface area contributed by atoms with E-state index < -0.39 is 99.2 Å². The molecular formula is C46H84O22P4. The molecule has 0 amide bonds. The molecule has 1 fully saturated rings. The Morgan fingerprint density at radius 2 is 0.861 bits per heavy atom. The SMILES string of the molecule is CCCCC/C=C\C/C=C\C=C/C/C=C\CCCC(=O)OC(COC(=O)CCCCCCCCCCCCCCCCC)COP(=O)(O)OC1[C@@H](O)[C@H](OP(=O)(O)O)C(OP(=O)(O)O)[C@H](OP(=O)(O)O)[C@@H]1O. The van der Waals surface area contributed by atoms with Gasteiger partial charge in [-0.15, -0.1) is 0 Å². The lowest BCUT2D eigenvalue weighted by molar-refractivity contribution is -0.209. The summed E-state index contributed by atoms with van der Waals surface area (Å²) >= 11 is 0. The summed E-state index contributed by atoms with van der Waals surface area (Å²) in [5, 5.41) is 21.9. The topological polar surface area (TPSA) is 349 Å². The molecule has 0 spiro atoms. The molecule has 1 aliphatic carbocycles. The zero-order valence-corrected chi connectivity index (χ0v) is 45.5. The Labute approximate surface area is 425 Å². The second-order valence-electron chi connectivity index (χ2n) is 17.7. The van der Waals surface area contributed by atoms with Gasteiger partial charge in [0, 0.05) is 12.8 Å². The smallest absolute Gasteiger partial charge is 0.462 e. The van der Waals surface area contributed by atoms with Crippen molar-refractivity contribution in [2.24, 2.45) is 0 Å². The summed E-state index contributed by atoms with van der Waals surface area (Å²) in [6, 6.07) is 0. The highest BCUT2D eigenvalue weighted by Crippen LogP contribution is 2.53. The van der Waals surface area contributed by atoms with Crippen molar-refractivity contribution < 1.29 is 104 Å². The minimum atomic E-state index is -5.80. The quantitative estimate of drug-likeness (QED) is 0.00903. The zero-order valence-electron chi connectivity index (χ0n) is 41.9. The maximum absolute atomic E-state index is 13.3. The summed E-state index contributed by atoms with van der Waals surface area (Å²) in [4.78, 5) is 92.9. The third kappa shape index (κ3) is 36.3. The first kappa shape index (κ1) is 68.3. The molecule has 0 aromatic rings. The van der Waals surface area contributed by atoms with E-state index in [2.05, 4.69) is 45.6 Å². The summed E-state index contributed by atoms with van der Waals surface area (Å²) in [6.07, 6.45) is 21.8. The van der Waals surface area contributed by atoms with E-state index in [9.17, 15) is 72.3 Å². The standard InChI is InChI=1S/C46H84O22P4/c1-3-5-7-9-11-13-15-17-19-21-23-25-27-29-31-33-35-40(48)64-38(36-62-39(47)34-32-30-28-26-24-22-20-18-16-14-12-10-8-6-4-2)37-63-72(60,61)68-43-41(49)44(65-69(51,52)53)46(67-71(57,58)59)45(42(43)50)66-70(54,55)56/h11,13,17,19,21,23,27,29,38,41-46,49-50H,3-10,12,14-16,18,20,22,24-26,28,30-37H2,1-2H3,(H,60,61)(H2,51,52,53)(H2,54,55,56)(H2,57,58,59)/b13-11-,19-17-,23-21-,29-27-/t38?,41-,42-,43?,44-,45+,46?/m1/s1. The van der Waals surface area contributed by atoms with Gasteiger partial charge in [0.2, 0.25) is 0 Å². The number of carbonyl (C=O) groups excluding carboxylic acids is 2. The lowest BCUT2D eigenvalue weighted by Gasteiger charge is -2.45. The van der Waals surface area contributed by atoms with Crippen LogP contribution in [-0.4, -0.2) is 112 Å². The average Bonchev–Trinajstić information content (AvgIpc) is 3.28. The fourth-order valence-electron chi connectivity index (χ4n) is 7.51. The third-order valence-electron chi connectivity index (χ3n) is 11.1. The van der Waals surface area contributed by atoms with Crippen LogP contribution in [0.5, 0.6) is 0 Å². The van der Waals surface area contributed by atoms with Gasteiger partial charge in [0.1, 0.15) is 43.2 Å². The molecule has 0 radical (unpaired) electrons. The monoisotopic (exact) mass is 1110 g/mol. The predicted octanol–water partition coefficient (Wildman–Crippen LogP) is 9.13. The van der Waals surface area contributed by atoms with E-state index >= 15 is 0 Å². The van der Waals surface area contributed by atoms with E-state index in [0.717, 1.165) is 44.9 Å². The minimum Gasteiger partial charge on any atom is -0.462 e. The maximum atomic E-state index is 13.3. The number of rotatable bonds is 43. The summed E-state index contributed by atoms with van der Waals surface area (Å²) in [6.45, 7) is 2.69. The fourth-order valence-corrected chi connectivity index (χ4v) is 10.2. The van der Waals surface area contributed by atoms with Crippen molar-refractivity contribution in [3.8, 4) is 0 Å². The van der Waals surface area contributed by atoms with Crippen LogP contribution in [0, 0.1) is 0 Å². The summed E-state index contributed by atoms with van der Waals surface area (Å²) in [5.74, 6) is -1.47. The second kappa shape index (κ2) is 38.7. The predicted molar refractivity (Wildman–Crippen MR) is 268 cm³/mol. The van der Waals surface area contributed by atoms with Gasteiger partial charge < -0.3 is 53.9 Å². The maximum Gasteiger partial charge on any atom is 0.472 e. The van der Waals surface area contributed by atoms with Gasteiger partial charge in [-0.3, -0.25) is 32.2 Å². The number of allylic oxidation sites excluding steroid dienone is 8. The number of aliphatic hydroxyl groups is 2. The molecule has 9 N–H and O–H groups in total. The van der Waals surface area contributed by atoms with Crippen LogP contribution in [0.25, 0.3) is 0 Å². The number of phosphoric acid groups is 4. The Morgan fingerprint density at radius 1 is 0.458 bits per heavy atom. The van der Waals surface area contributed by atoms with Crippen LogP contribution in [0.1, 0.15) is 174 Å². The van der Waals surface area contributed by atoms with Crippen molar-refractivity contribution in [1.82, 2.24) is 0 Å². The number of unbranched alkanes of at least 4 members (excludes halogenated alkanes) is 18. The van der Waals surface area contributed by atoms with Crippen molar-refractivity contribution in [2.45, 2.75) is 217 Å². The number of phosphoric ester groups is 4. The Balaban J connectivity index is 2.92. The van der Waals surface area contributed by atoms with E-state index in [-0.39, 0.29) is 12.8 Å². The van der Waals surface area contributed by atoms with Crippen LogP contribution < -0.4 is 0 Å². The van der Waals surface area contributed by atoms with E-state index in [1.807, 2.05) is 30.4 Å². The van der Waals surface area contributed by atoms with Gasteiger partial charge in [-0.05, 0) is 44.9 Å². The average molecular weight is 1110 g/mol. The molecule has 72 heavy (non-hydrogen) atoms. The molecule has 22 nitrogen and oxygen atoms in total. The Bertz CT molecular complexity index is 1760. The molecule has 1 aliphatic rings. The van der Waals surface area contributed by atoms with Gasteiger partial charge in [-0.2, -0.15) is 0 Å². The third-order valence-corrected chi connectivity index (χ3v) is 13.7. The van der Waals surface area contributed by atoms with Gasteiger partial charge >= 0.3 is 43.2 Å². The first-order valence-electron chi connectivity index (χ1n) is 25.2. The Morgan fingerprint density at radius 3 is 1.32 bits per heavy atom. The first-order valence-corrected chi connectivity index (χ1v) is 31.3. The first-order chi connectivity index (χ1) is 34.0.